The molecule has 0 unspecified atom stereocenters. The first-order valence-electron chi connectivity index (χ1n) is 10.1. The number of hydrogen-bond acceptors (Lipinski definition) is 6. The van der Waals surface area contributed by atoms with Crippen LogP contribution in [0.4, 0.5) is 0 Å². The lowest BCUT2D eigenvalue weighted by Gasteiger charge is -2.21. The summed E-state index contributed by atoms with van der Waals surface area (Å²) in [6.45, 7) is -0.544. The molecule has 0 atom stereocenters. The van der Waals surface area contributed by atoms with Gasteiger partial charge in [-0.1, -0.05) is 37.5 Å². The van der Waals surface area contributed by atoms with Crippen molar-refractivity contribution in [2.45, 2.75) is 38.6 Å². The molecule has 1 heterocycles. The highest BCUT2D eigenvalue weighted by molar-refractivity contribution is 9.10. The van der Waals surface area contributed by atoms with E-state index in [1.165, 1.54) is 6.42 Å². The third-order valence-corrected chi connectivity index (χ3v) is 8.93. The van der Waals surface area contributed by atoms with E-state index in [0.717, 1.165) is 42.6 Å². The molecule has 0 saturated heterocycles. The van der Waals surface area contributed by atoms with E-state index in [1.807, 2.05) is 0 Å². The molecule has 3 rings (SSSR count). The van der Waals surface area contributed by atoms with Crippen LogP contribution in [-0.4, -0.2) is 42.9 Å². The molecule has 0 amide bonds. The Hall–Kier alpha value is -1.95. The fourth-order valence-electron chi connectivity index (χ4n) is 3.72. The van der Waals surface area contributed by atoms with Crippen LogP contribution >= 0.6 is 27.3 Å². The third-order valence-electron chi connectivity index (χ3n) is 5.21. The maximum absolute atomic E-state index is 12.5. The first-order valence-corrected chi connectivity index (χ1v) is 13.4. The fourth-order valence-corrected chi connectivity index (χ4v) is 7.07. The van der Waals surface area contributed by atoms with Crippen molar-refractivity contribution in [3.05, 3.63) is 39.2 Å². The average Bonchev–Trinajstić information content (AvgIpc) is 3.08. The number of sulfonamides is 1. The molecular weight excluding hydrogens is 522 g/mol. The molecule has 0 bridgehead atoms. The highest BCUT2D eigenvalue weighted by atomic mass is 79.9. The van der Waals surface area contributed by atoms with Crippen molar-refractivity contribution in [3.8, 4) is 16.2 Å². The molecule has 1 aliphatic rings. The lowest BCUT2D eigenvalue weighted by atomic mass is 9.91. The summed E-state index contributed by atoms with van der Waals surface area (Å²) in [6, 6.07) is 7.08. The predicted molar refractivity (Wildman–Crippen MR) is 125 cm³/mol. The second-order valence-corrected chi connectivity index (χ2v) is 11.4. The molecular formula is C21H24BrNO7S2. The summed E-state index contributed by atoms with van der Waals surface area (Å²) < 4.78 is 33.2. The molecule has 1 saturated carbocycles. The Morgan fingerprint density at radius 2 is 1.91 bits per heavy atom. The molecule has 0 spiro atoms. The average molecular weight is 546 g/mol. The minimum absolute atomic E-state index is 0.0431. The van der Waals surface area contributed by atoms with Gasteiger partial charge in [0.05, 0.1) is 15.1 Å². The van der Waals surface area contributed by atoms with Crippen LogP contribution in [0.3, 0.4) is 0 Å². The van der Waals surface area contributed by atoms with Crippen LogP contribution < -0.4 is 9.46 Å². The minimum Gasteiger partial charge on any atom is -0.479 e. The van der Waals surface area contributed by atoms with Gasteiger partial charge in [0, 0.05) is 6.54 Å². The van der Waals surface area contributed by atoms with E-state index in [-0.39, 0.29) is 28.8 Å². The molecule has 32 heavy (non-hydrogen) atoms. The SMILES string of the molecule is O=C(O)COc1c(C(=O)O)sc(-c2cccc(CNS(=O)(=O)CC3CCCCC3)c2)c1Br. The molecule has 0 radical (unpaired) electrons. The summed E-state index contributed by atoms with van der Waals surface area (Å²) in [7, 11) is -3.40. The topological polar surface area (TPSA) is 130 Å². The van der Waals surface area contributed by atoms with Crippen molar-refractivity contribution in [3.63, 3.8) is 0 Å². The van der Waals surface area contributed by atoms with Crippen LogP contribution in [-0.2, 0) is 21.4 Å². The summed E-state index contributed by atoms with van der Waals surface area (Å²) in [5.41, 5.74) is 1.39. The van der Waals surface area contributed by atoms with Gasteiger partial charge in [0.2, 0.25) is 10.0 Å². The number of nitrogens with one attached hydrogen (secondary N) is 1. The van der Waals surface area contributed by atoms with E-state index >= 15 is 0 Å². The molecule has 2 aromatic rings. The summed E-state index contributed by atoms with van der Waals surface area (Å²) in [5.74, 6) is -2.15. The zero-order valence-electron chi connectivity index (χ0n) is 17.2. The van der Waals surface area contributed by atoms with Crippen LogP contribution in [0.25, 0.3) is 10.4 Å². The number of benzene rings is 1. The first kappa shape index (κ1) is 24.7. The van der Waals surface area contributed by atoms with Crippen molar-refractivity contribution in [2.24, 2.45) is 5.92 Å². The summed E-state index contributed by atoms with van der Waals surface area (Å²) >= 11 is 4.28. The molecule has 8 nitrogen and oxygen atoms in total. The van der Waals surface area contributed by atoms with Crippen LogP contribution in [0.15, 0.2) is 28.7 Å². The van der Waals surface area contributed by atoms with Gasteiger partial charge in [0.25, 0.3) is 0 Å². The van der Waals surface area contributed by atoms with E-state index < -0.39 is 28.6 Å². The standard InChI is InChI=1S/C21H24BrNO7S2/c22-17-18(30-11-16(24)25)20(21(26)27)31-19(17)15-8-4-7-14(9-15)10-23-32(28,29)12-13-5-2-1-3-6-13/h4,7-9,13,23H,1-3,5-6,10-12H2,(H,24,25)(H,26,27). The number of aliphatic carboxylic acids is 1. The summed E-state index contributed by atoms with van der Waals surface area (Å²) in [6.07, 6.45) is 5.21. The van der Waals surface area contributed by atoms with Crippen molar-refractivity contribution >= 4 is 49.2 Å². The van der Waals surface area contributed by atoms with Gasteiger partial charge in [-0.05, 0) is 51.9 Å². The van der Waals surface area contributed by atoms with Gasteiger partial charge in [-0.25, -0.2) is 22.7 Å². The normalized spacial score (nSPS) is 14.9. The monoisotopic (exact) mass is 545 g/mol. The molecule has 174 valence electrons. The zero-order chi connectivity index (χ0) is 23.3. The van der Waals surface area contributed by atoms with E-state index in [0.29, 0.717) is 14.9 Å². The Kier molecular flexibility index (Phi) is 8.32. The van der Waals surface area contributed by atoms with E-state index in [1.54, 1.807) is 24.3 Å². The maximum atomic E-state index is 12.5. The Labute approximate surface area is 198 Å². The fraction of sp³-hybridized carbons (Fsp3) is 0.429. The Morgan fingerprint density at radius 1 is 1.19 bits per heavy atom. The predicted octanol–water partition coefficient (Wildman–Crippen LogP) is 4.34. The number of hydrogen-bond donors (Lipinski definition) is 3. The van der Waals surface area contributed by atoms with Gasteiger partial charge < -0.3 is 14.9 Å². The van der Waals surface area contributed by atoms with E-state index in [2.05, 4.69) is 20.7 Å². The quantitative estimate of drug-likeness (QED) is 0.404. The van der Waals surface area contributed by atoms with Crippen molar-refractivity contribution in [1.29, 1.82) is 0 Å². The number of halogens is 1. The minimum atomic E-state index is -3.40. The second kappa shape index (κ2) is 10.8. The summed E-state index contributed by atoms with van der Waals surface area (Å²) in [4.78, 5) is 22.8. The van der Waals surface area contributed by atoms with Crippen molar-refractivity contribution in [2.75, 3.05) is 12.4 Å². The molecule has 1 aromatic carbocycles. The number of carboxylic acids is 2. The number of thiophene rings is 1. The Morgan fingerprint density at radius 3 is 2.56 bits per heavy atom. The number of aromatic carboxylic acids is 1. The van der Waals surface area contributed by atoms with Crippen LogP contribution in [0.5, 0.6) is 5.75 Å². The number of carbonyl (C=O) groups is 2. The van der Waals surface area contributed by atoms with Gasteiger partial charge in [0.15, 0.2) is 17.2 Å². The lowest BCUT2D eigenvalue weighted by molar-refractivity contribution is -0.139. The molecule has 3 N–H and O–H groups in total. The van der Waals surface area contributed by atoms with Crippen molar-refractivity contribution in [1.82, 2.24) is 4.72 Å². The van der Waals surface area contributed by atoms with Crippen LogP contribution in [0, 0.1) is 5.92 Å². The lowest BCUT2D eigenvalue weighted by Crippen LogP contribution is -2.30. The smallest absolute Gasteiger partial charge is 0.349 e. The number of rotatable bonds is 10. The van der Waals surface area contributed by atoms with Gasteiger partial charge in [0.1, 0.15) is 0 Å². The molecule has 11 heteroatoms. The number of carboxylic acid groups (broad SMARTS) is 2. The van der Waals surface area contributed by atoms with E-state index in [9.17, 15) is 23.1 Å². The molecule has 1 aromatic heterocycles. The first-order chi connectivity index (χ1) is 15.2. The largest absolute Gasteiger partial charge is 0.479 e. The van der Waals surface area contributed by atoms with Gasteiger partial charge >= 0.3 is 11.9 Å². The van der Waals surface area contributed by atoms with Gasteiger partial charge in [-0.3, -0.25) is 0 Å². The molecule has 0 aliphatic heterocycles. The molecule has 1 aliphatic carbocycles. The highest BCUT2D eigenvalue weighted by Gasteiger charge is 2.25. The van der Waals surface area contributed by atoms with E-state index in [4.69, 9.17) is 9.84 Å². The summed E-state index contributed by atoms with van der Waals surface area (Å²) in [5, 5.41) is 18.3. The van der Waals surface area contributed by atoms with Crippen LogP contribution in [0.2, 0.25) is 0 Å². The van der Waals surface area contributed by atoms with Gasteiger partial charge in [-0.2, -0.15) is 0 Å². The maximum Gasteiger partial charge on any atom is 0.349 e. The second-order valence-electron chi connectivity index (χ2n) is 7.70. The third kappa shape index (κ3) is 6.53. The Bertz CT molecular complexity index is 1090. The highest BCUT2D eigenvalue weighted by Crippen LogP contribution is 2.45. The van der Waals surface area contributed by atoms with Gasteiger partial charge in [-0.15, -0.1) is 11.3 Å². The number of ether oxygens (including phenoxy) is 1. The Balaban J connectivity index is 1.76. The zero-order valence-corrected chi connectivity index (χ0v) is 20.4. The molecule has 1 fully saturated rings. The van der Waals surface area contributed by atoms with Crippen LogP contribution in [0.1, 0.15) is 47.3 Å². The van der Waals surface area contributed by atoms with Crippen molar-refractivity contribution < 1.29 is 33.0 Å².